The minimum absolute atomic E-state index is 0.176. The van der Waals surface area contributed by atoms with Gasteiger partial charge in [-0.05, 0) is 44.9 Å². The number of nitrogens with zero attached hydrogens (tertiary/aromatic N) is 3. The van der Waals surface area contributed by atoms with Gasteiger partial charge >= 0.3 is 12.0 Å². The van der Waals surface area contributed by atoms with Crippen LogP contribution in [0.4, 0.5) is 5.95 Å². The molecule has 1 aliphatic rings. The second-order valence-electron chi connectivity index (χ2n) is 5.84. The Hall–Kier alpha value is -1.59. The third-order valence-electron chi connectivity index (χ3n) is 3.61. The van der Waals surface area contributed by atoms with Gasteiger partial charge in [0, 0.05) is 6.54 Å². The van der Waals surface area contributed by atoms with Gasteiger partial charge in [-0.3, -0.25) is 0 Å². The number of anilines is 1. The molecular weight excluding hydrogens is 268 g/mol. The van der Waals surface area contributed by atoms with Crippen LogP contribution in [0.25, 0.3) is 0 Å². The lowest BCUT2D eigenvalue weighted by atomic mass is 9.82. The molecule has 0 aromatic carbocycles. The molecule has 1 aromatic heterocycles. The number of rotatable bonds is 6. The summed E-state index contributed by atoms with van der Waals surface area (Å²) in [5.74, 6) is 1.86. The number of nitrogens with one attached hydrogen (secondary N) is 1. The van der Waals surface area contributed by atoms with Crippen LogP contribution in [0.1, 0.15) is 47.0 Å². The Kier molecular flexibility index (Phi) is 5.59. The summed E-state index contributed by atoms with van der Waals surface area (Å²) in [6.45, 7) is 9.71. The van der Waals surface area contributed by atoms with Crippen molar-refractivity contribution in [2.24, 2.45) is 11.8 Å². The molecule has 2 atom stereocenters. The second-order valence-corrected chi connectivity index (χ2v) is 5.84. The summed E-state index contributed by atoms with van der Waals surface area (Å²) in [5, 5.41) is 3.08. The van der Waals surface area contributed by atoms with Crippen molar-refractivity contribution in [2.45, 2.75) is 53.1 Å². The van der Waals surface area contributed by atoms with E-state index >= 15 is 0 Å². The molecule has 1 aliphatic carbocycles. The molecule has 0 amide bonds. The van der Waals surface area contributed by atoms with Crippen LogP contribution >= 0.6 is 0 Å². The Morgan fingerprint density at radius 2 is 1.67 bits per heavy atom. The minimum atomic E-state index is 0.176. The molecule has 0 aliphatic heterocycles. The van der Waals surface area contributed by atoms with Crippen LogP contribution in [0.5, 0.6) is 12.0 Å². The van der Waals surface area contributed by atoms with Gasteiger partial charge in [0.25, 0.3) is 0 Å². The Balaban J connectivity index is 2.10. The van der Waals surface area contributed by atoms with Crippen molar-refractivity contribution in [3.63, 3.8) is 0 Å². The maximum Gasteiger partial charge on any atom is 0.324 e. The Bertz CT molecular complexity index is 421. The van der Waals surface area contributed by atoms with Crippen LogP contribution in [-0.4, -0.2) is 34.2 Å². The molecule has 118 valence electrons. The van der Waals surface area contributed by atoms with E-state index in [0.717, 1.165) is 19.4 Å². The number of hydrogen-bond donors (Lipinski definition) is 1. The van der Waals surface area contributed by atoms with Crippen LogP contribution in [0.3, 0.4) is 0 Å². The zero-order valence-electron chi connectivity index (χ0n) is 13.4. The predicted molar refractivity (Wildman–Crippen MR) is 81.8 cm³/mol. The molecule has 2 rings (SSSR count). The average Bonchev–Trinajstić information content (AvgIpc) is 2.37. The summed E-state index contributed by atoms with van der Waals surface area (Å²) >= 11 is 0. The van der Waals surface area contributed by atoms with Gasteiger partial charge in [-0.15, -0.1) is 4.98 Å². The van der Waals surface area contributed by atoms with Crippen molar-refractivity contribution in [3.8, 4) is 12.0 Å². The van der Waals surface area contributed by atoms with E-state index < -0.39 is 0 Å². The van der Waals surface area contributed by atoms with Gasteiger partial charge in [-0.1, -0.05) is 13.8 Å². The molecule has 0 spiro atoms. The molecular formula is C15H26N4O2. The molecule has 1 fully saturated rings. The quantitative estimate of drug-likeness (QED) is 0.870. The largest absolute Gasteiger partial charge is 0.464 e. The van der Waals surface area contributed by atoms with Crippen molar-refractivity contribution >= 4 is 5.95 Å². The molecule has 2 unspecified atom stereocenters. The summed E-state index contributed by atoms with van der Waals surface area (Å²) < 4.78 is 11.4. The Labute approximate surface area is 126 Å². The number of hydrogen-bond acceptors (Lipinski definition) is 6. The van der Waals surface area contributed by atoms with Crippen molar-refractivity contribution in [1.82, 2.24) is 15.0 Å². The number of aromatic nitrogens is 3. The zero-order valence-corrected chi connectivity index (χ0v) is 13.4. The second kappa shape index (κ2) is 7.43. The summed E-state index contributed by atoms with van der Waals surface area (Å²) in [6.07, 6.45) is 3.55. The lowest BCUT2D eigenvalue weighted by molar-refractivity contribution is 0.0908. The lowest BCUT2D eigenvalue weighted by Gasteiger charge is -2.30. The van der Waals surface area contributed by atoms with Crippen molar-refractivity contribution in [3.05, 3.63) is 0 Å². The molecule has 0 bridgehead atoms. The molecule has 1 aromatic rings. The van der Waals surface area contributed by atoms with Crippen LogP contribution in [0.2, 0.25) is 0 Å². The smallest absolute Gasteiger partial charge is 0.324 e. The highest BCUT2D eigenvalue weighted by molar-refractivity contribution is 5.27. The summed E-state index contributed by atoms with van der Waals surface area (Å²) in [7, 11) is 0. The fraction of sp³-hybridized carbons (Fsp3) is 0.800. The van der Waals surface area contributed by atoms with E-state index in [1.54, 1.807) is 0 Å². The van der Waals surface area contributed by atoms with Crippen molar-refractivity contribution in [2.75, 3.05) is 18.5 Å². The first-order valence-corrected chi connectivity index (χ1v) is 7.90. The molecule has 1 heterocycles. The van der Waals surface area contributed by atoms with E-state index in [2.05, 4.69) is 34.1 Å². The SMILES string of the molecule is CCNc1nc(OCC)nc(OC2CC(C)CC(C)C2)n1. The van der Waals surface area contributed by atoms with Gasteiger partial charge in [0.15, 0.2) is 0 Å². The summed E-state index contributed by atoms with van der Waals surface area (Å²) in [4.78, 5) is 12.8. The van der Waals surface area contributed by atoms with Gasteiger partial charge in [0.05, 0.1) is 6.61 Å². The first kappa shape index (κ1) is 15.8. The van der Waals surface area contributed by atoms with Crippen LogP contribution in [-0.2, 0) is 0 Å². The highest BCUT2D eigenvalue weighted by Crippen LogP contribution is 2.30. The van der Waals surface area contributed by atoms with E-state index in [9.17, 15) is 0 Å². The zero-order chi connectivity index (χ0) is 15.2. The van der Waals surface area contributed by atoms with E-state index in [-0.39, 0.29) is 6.10 Å². The first-order chi connectivity index (χ1) is 10.1. The summed E-state index contributed by atoms with van der Waals surface area (Å²) in [5.41, 5.74) is 0. The maximum absolute atomic E-state index is 5.99. The maximum atomic E-state index is 5.99. The molecule has 0 radical (unpaired) electrons. The first-order valence-electron chi connectivity index (χ1n) is 7.90. The predicted octanol–water partition coefficient (Wildman–Crippen LogP) is 2.91. The van der Waals surface area contributed by atoms with E-state index in [4.69, 9.17) is 9.47 Å². The average molecular weight is 294 g/mol. The van der Waals surface area contributed by atoms with Gasteiger partial charge in [-0.2, -0.15) is 9.97 Å². The van der Waals surface area contributed by atoms with Crippen LogP contribution < -0.4 is 14.8 Å². The molecule has 6 heteroatoms. The van der Waals surface area contributed by atoms with E-state index in [0.29, 0.717) is 36.4 Å². The van der Waals surface area contributed by atoms with Crippen molar-refractivity contribution in [1.29, 1.82) is 0 Å². The highest BCUT2D eigenvalue weighted by atomic mass is 16.5. The van der Waals surface area contributed by atoms with Crippen LogP contribution in [0, 0.1) is 11.8 Å². The Morgan fingerprint density at radius 3 is 2.29 bits per heavy atom. The fourth-order valence-electron chi connectivity index (χ4n) is 2.94. The van der Waals surface area contributed by atoms with Crippen molar-refractivity contribution < 1.29 is 9.47 Å². The van der Waals surface area contributed by atoms with Gasteiger partial charge < -0.3 is 14.8 Å². The Morgan fingerprint density at radius 1 is 1.00 bits per heavy atom. The fourth-order valence-corrected chi connectivity index (χ4v) is 2.94. The molecule has 0 saturated heterocycles. The molecule has 1 N–H and O–H groups in total. The van der Waals surface area contributed by atoms with Gasteiger partial charge in [-0.25, -0.2) is 0 Å². The third-order valence-corrected chi connectivity index (χ3v) is 3.61. The van der Waals surface area contributed by atoms with Crippen LogP contribution in [0.15, 0.2) is 0 Å². The highest BCUT2D eigenvalue weighted by Gasteiger charge is 2.26. The summed E-state index contributed by atoms with van der Waals surface area (Å²) in [6, 6.07) is 0.672. The topological polar surface area (TPSA) is 69.2 Å². The number of ether oxygens (including phenoxy) is 2. The third kappa shape index (κ3) is 4.72. The lowest BCUT2D eigenvalue weighted by Crippen LogP contribution is -2.29. The molecule has 6 nitrogen and oxygen atoms in total. The van der Waals surface area contributed by atoms with E-state index in [1.807, 2.05) is 13.8 Å². The monoisotopic (exact) mass is 294 g/mol. The van der Waals surface area contributed by atoms with Gasteiger partial charge in [0.2, 0.25) is 5.95 Å². The molecule has 21 heavy (non-hydrogen) atoms. The van der Waals surface area contributed by atoms with E-state index in [1.165, 1.54) is 6.42 Å². The standard InChI is InChI=1S/C15H26N4O2/c1-5-16-13-17-14(20-6-2)19-15(18-13)21-12-8-10(3)7-11(4)9-12/h10-12H,5-9H2,1-4H3,(H,16,17,18,19). The minimum Gasteiger partial charge on any atom is -0.464 e. The molecule has 1 saturated carbocycles. The van der Waals surface area contributed by atoms with Gasteiger partial charge in [0.1, 0.15) is 6.10 Å². The normalized spacial score (nSPS) is 25.4.